The first-order valence-electron chi connectivity index (χ1n) is 6.71. The SMILES string of the molecule is Cc1cc([C@H](C)O)ccc1OC1CCCCC1O. The monoisotopic (exact) mass is 250 g/mol. The Morgan fingerprint density at radius 3 is 2.61 bits per heavy atom. The Kier molecular flexibility index (Phi) is 4.25. The molecule has 18 heavy (non-hydrogen) atoms. The third-order valence-corrected chi connectivity index (χ3v) is 3.63. The third-order valence-electron chi connectivity index (χ3n) is 3.63. The molecule has 1 aromatic rings. The summed E-state index contributed by atoms with van der Waals surface area (Å²) in [5.74, 6) is 0.811. The maximum absolute atomic E-state index is 9.90. The van der Waals surface area contributed by atoms with Gasteiger partial charge in [0.1, 0.15) is 11.9 Å². The summed E-state index contributed by atoms with van der Waals surface area (Å²) in [7, 11) is 0. The van der Waals surface area contributed by atoms with E-state index in [1.54, 1.807) is 6.92 Å². The number of aliphatic hydroxyl groups excluding tert-OH is 2. The maximum Gasteiger partial charge on any atom is 0.124 e. The quantitative estimate of drug-likeness (QED) is 0.867. The minimum absolute atomic E-state index is 0.0881. The Morgan fingerprint density at radius 1 is 1.28 bits per heavy atom. The number of aryl methyl sites for hydroxylation is 1. The zero-order valence-corrected chi connectivity index (χ0v) is 11.1. The van der Waals surface area contributed by atoms with Crippen LogP contribution in [0.15, 0.2) is 18.2 Å². The molecule has 1 aliphatic rings. The van der Waals surface area contributed by atoms with E-state index in [0.29, 0.717) is 0 Å². The molecule has 0 bridgehead atoms. The average molecular weight is 250 g/mol. The Labute approximate surface area is 108 Å². The van der Waals surface area contributed by atoms with E-state index >= 15 is 0 Å². The molecule has 0 amide bonds. The molecule has 0 heterocycles. The van der Waals surface area contributed by atoms with Crippen molar-refractivity contribution in [3.63, 3.8) is 0 Å². The van der Waals surface area contributed by atoms with Gasteiger partial charge in [-0.3, -0.25) is 0 Å². The van der Waals surface area contributed by atoms with Gasteiger partial charge < -0.3 is 14.9 Å². The third kappa shape index (κ3) is 3.03. The molecule has 0 aromatic heterocycles. The van der Waals surface area contributed by atoms with Crippen LogP contribution in [0.3, 0.4) is 0 Å². The Hall–Kier alpha value is -1.06. The van der Waals surface area contributed by atoms with Crippen molar-refractivity contribution >= 4 is 0 Å². The molecule has 2 unspecified atom stereocenters. The second kappa shape index (κ2) is 5.72. The van der Waals surface area contributed by atoms with E-state index in [0.717, 1.165) is 42.6 Å². The molecule has 0 radical (unpaired) electrons. The van der Waals surface area contributed by atoms with Crippen LogP contribution in [0.1, 0.15) is 49.8 Å². The predicted molar refractivity (Wildman–Crippen MR) is 70.7 cm³/mol. The van der Waals surface area contributed by atoms with Gasteiger partial charge in [0, 0.05) is 0 Å². The topological polar surface area (TPSA) is 49.7 Å². The highest BCUT2D eigenvalue weighted by atomic mass is 16.5. The predicted octanol–water partition coefficient (Wildman–Crippen LogP) is 2.73. The van der Waals surface area contributed by atoms with Gasteiger partial charge in [0.15, 0.2) is 0 Å². The van der Waals surface area contributed by atoms with Crippen LogP contribution in [-0.2, 0) is 0 Å². The molecule has 100 valence electrons. The highest BCUT2D eigenvalue weighted by molar-refractivity contribution is 5.37. The summed E-state index contributed by atoms with van der Waals surface area (Å²) in [5.41, 5.74) is 1.90. The lowest BCUT2D eigenvalue weighted by Crippen LogP contribution is -2.34. The number of hydrogen-bond donors (Lipinski definition) is 2. The van der Waals surface area contributed by atoms with Crippen molar-refractivity contribution in [3.05, 3.63) is 29.3 Å². The van der Waals surface area contributed by atoms with E-state index in [1.807, 2.05) is 25.1 Å². The molecule has 1 fully saturated rings. The van der Waals surface area contributed by atoms with Gasteiger partial charge in [0.25, 0.3) is 0 Å². The van der Waals surface area contributed by atoms with Crippen molar-refractivity contribution in [1.82, 2.24) is 0 Å². The first-order valence-corrected chi connectivity index (χ1v) is 6.71. The van der Waals surface area contributed by atoms with Crippen LogP contribution in [0.5, 0.6) is 5.75 Å². The van der Waals surface area contributed by atoms with Crippen LogP contribution < -0.4 is 4.74 Å². The number of hydrogen-bond acceptors (Lipinski definition) is 3. The van der Waals surface area contributed by atoms with Gasteiger partial charge in [-0.1, -0.05) is 12.5 Å². The fraction of sp³-hybridized carbons (Fsp3) is 0.600. The first-order chi connectivity index (χ1) is 8.58. The molecule has 1 aromatic carbocycles. The smallest absolute Gasteiger partial charge is 0.124 e. The molecule has 3 heteroatoms. The first kappa shape index (κ1) is 13.4. The summed E-state index contributed by atoms with van der Waals surface area (Å²) >= 11 is 0. The Balaban J connectivity index is 2.09. The Morgan fingerprint density at radius 2 is 2.00 bits per heavy atom. The Bertz CT molecular complexity index is 401. The summed E-state index contributed by atoms with van der Waals surface area (Å²) in [5, 5.41) is 19.4. The van der Waals surface area contributed by atoms with Gasteiger partial charge in [-0.05, 0) is 56.4 Å². The van der Waals surface area contributed by atoms with Gasteiger partial charge in [-0.25, -0.2) is 0 Å². The van der Waals surface area contributed by atoms with Crippen molar-refractivity contribution in [1.29, 1.82) is 0 Å². The van der Waals surface area contributed by atoms with Crippen molar-refractivity contribution in [2.24, 2.45) is 0 Å². The van der Waals surface area contributed by atoms with Gasteiger partial charge in [0.05, 0.1) is 12.2 Å². The standard InChI is InChI=1S/C15H22O3/c1-10-9-12(11(2)16)7-8-14(10)18-15-6-4-3-5-13(15)17/h7-9,11,13,15-17H,3-6H2,1-2H3/t11-,13?,15?/m0/s1. The van der Waals surface area contributed by atoms with E-state index in [1.165, 1.54) is 0 Å². The van der Waals surface area contributed by atoms with Crippen LogP contribution in [0.2, 0.25) is 0 Å². The lowest BCUT2D eigenvalue weighted by molar-refractivity contribution is 0.00651. The molecule has 0 aliphatic heterocycles. The van der Waals surface area contributed by atoms with Crippen molar-refractivity contribution in [2.75, 3.05) is 0 Å². The zero-order chi connectivity index (χ0) is 13.1. The summed E-state index contributed by atoms with van der Waals surface area (Å²) in [6.45, 7) is 3.72. The second-order valence-corrected chi connectivity index (χ2v) is 5.21. The second-order valence-electron chi connectivity index (χ2n) is 5.21. The molecular weight excluding hydrogens is 228 g/mol. The summed E-state index contributed by atoms with van der Waals surface area (Å²) in [4.78, 5) is 0. The number of benzene rings is 1. The minimum atomic E-state index is -0.460. The molecule has 1 saturated carbocycles. The molecule has 3 atom stereocenters. The molecule has 1 aliphatic carbocycles. The van der Waals surface area contributed by atoms with Gasteiger partial charge in [-0.2, -0.15) is 0 Å². The lowest BCUT2D eigenvalue weighted by Gasteiger charge is -2.29. The van der Waals surface area contributed by atoms with Crippen molar-refractivity contribution < 1.29 is 14.9 Å². The highest BCUT2D eigenvalue weighted by Gasteiger charge is 2.25. The van der Waals surface area contributed by atoms with Crippen LogP contribution in [0.25, 0.3) is 0 Å². The largest absolute Gasteiger partial charge is 0.487 e. The van der Waals surface area contributed by atoms with E-state index in [9.17, 15) is 10.2 Å². The molecule has 3 nitrogen and oxygen atoms in total. The maximum atomic E-state index is 9.90. The van der Waals surface area contributed by atoms with Crippen LogP contribution in [-0.4, -0.2) is 22.4 Å². The van der Waals surface area contributed by atoms with Gasteiger partial charge in [0.2, 0.25) is 0 Å². The molecular formula is C15H22O3. The minimum Gasteiger partial charge on any atom is -0.487 e. The normalized spacial score (nSPS) is 25.8. The lowest BCUT2D eigenvalue weighted by atomic mass is 9.94. The fourth-order valence-corrected chi connectivity index (χ4v) is 2.44. The van der Waals surface area contributed by atoms with Crippen molar-refractivity contribution in [2.45, 2.75) is 57.8 Å². The summed E-state index contributed by atoms with van der Waals surface area (Å²) in [6.07, 6.45) is 3.05. The number of rotatable bonds is 3. The molecule has 0 saturated heterocycles. The molecule has 2 N–H and O–H groups in total. The van der Waals surface area contributed by atoms with Gasteiger partial charge in [-0.15, -0.1) is 0 Å². The molecule has 2 rings (SSSR count). The van der Waals surface area contributed by atoms with Crippen molar-refractivity contribution in [3.8, 4) is 5.75 Å². The molecule has 0 spiro atoms. The summed E-state index contributed by atoms with van der Waals surface area (Å²) in [6, 6.07) is 5.70. The number of aliphatic hydroxyl groups is 2. The number of ether oxygens (including phenoxy) is 1. The van der Waals surface area contributed by atoms with Crippen LogP contribution in [0, 0.1) is 6.92 Å². The summed E-state index contributed by atoms with van der Waals surface area (Å²) < 4.78 is 5.90. The fourth-order valence-electron chi connectivity index (χ4n) is 2.44. The van der Waals surface area contributed by atoms with Crippen LogP contribution in [0.4, 0.5) is 0 Å². The van der Waals surface area contributed by atoms with E-state index in [4.69, 9.17) is 4.74 Å². The zero-order valence-electron chi connectivity index (χ0n) is 11.1. The highest BCUT2D eigenvalue weighted by Crippen LogP contribution is 2.27. The van der Waals surface area contributed by atoms with Gasteiger partial charge >= 0.3 is 0 Å². The van der Waals surface area contributed by atoms with Crippen LogP contribution >= 0.6 is 0 Å². The van der Waals surface area contributed by atoms with E-state index in [-0.39, 0.29) is 12.2 Å². The van der Waals surface area contributed by atoms with E-state index in [2.05, 4.69) is 0 Å². The average Bonchev–Trinajstić information content (AvgIpc) is 2.34. The van der Waals surface area contributed by atoms with E-state index < -0.39 is 6.10 Å².